The van der Waals surface area contributed by atoms with E-state index in [1.165, 1.54) is 31.2 Å². The van der Waals surface area contributed by atoms with E-state index in [1.54, 1.807) is 0 Å². The molecule has 0 aliphatic carbocycles. The number of amides is 2. The van der Waals surface area contributed by atoms with Crippen molar-refractivity contribution in [3.8, 4) is 0 Å². The van der Waals surface area contributed by atoms with Gasteiger partial charge < -0.3 is 10.6 Å². The Bertz CT molecular complexity index is 1190. The lowest BCUT2D eigenvalue weighted by atomic mass is 9.98. The van der Waals surface area contributed by atoms with Gasteiger partial charge >= 0.3 is 18.4 Å². The van der Waals surface area contributed by atoms with E-state index >= 15 is 0 Å². The Hall–Kier alpha value is -3.89. The van der Waals surface area contributed by atoms with Crippen LogP contribution in [0.25, 0.3) is 0 Å². The summed E-state index contributed by atoms with van der Waals surface area (Å²) in [5.74, 6) is -0.269. The first kappa shape index (κ1) is 24.7. The van der Waals surface area contributed by atoms with Crippen molar-refractivity contribution >= 4 is 17.5 Å². The number of anilines is 1. The van der Waals surface area contributed by atoms with E-state index in [0.29, 0.717) is 17.7 Å². The largest absolute Gasteiger partial charge is 0.418 e. The maximum absolute atomic E-state index is 13.6. The van der Waals surface area contributed by atoms with Gasteiger partial charge in [0.25, 0.3) is 0 Å². The third-order valence-corrected chi connectivity index (χ3v) is 4.79. The fraction of sp³-hybridized carbons (Fsp3) is 0.174. The second-order valence-electron chi connectivity index (χ2n) is 7.22. The first-order valence-electron chi connectivity index (χ1n) is 9.74. The molecule has 3 aromatic rings. The van der Waals surface area contributed by atoms with Gasteiger partial charge in [0.2, 0.25) is 0 Å². The number of rotatable bonds is 5. The number of nitrogens with zero attached hydrogens (tertiary/aromatic N) is 1. The first-order chi connectivity index (χ1) is 15.9. The van der Waals surface area contributed by atoms with Crippen molar-refractivity contribution < 1.29 is 35.9 Å². The van der Waals surface area contributed by atoms with Crippen molar-refractivity contribution in [1.29, 1.82) is 0 Å². The van der Waals surface area contributed by atoms with Crippen LogP contribution < -0.4 is 10.6 Å². The highest BCUT2D eigenvalue weighted by Gasteiger charge is 2.37. The zero-order valence-corrected chi connectivity index (χ0v) is 17.5. The Labute approximate surface area is 189 Å². The lowest BCUT2D eigenvalue weighted by Gasteiger charge is -2.23. The van der Waals surface area contributed by atoms with Crippen LogP contribution in [0.1, 0.15) is 45.7 Å². The topological polar surface area (TPSA) is 71.1 Å². The summed E-state index contributed by atoms with van der Waals surface area (Å²) in [6, 6.07) is 8.53. The highest BCUT2D eigenvalue weighted by molar-refractivity contribution is 5.96. The van der Waals surface area contributed by atoms with Gasteiger partial charge in [-0.2, -0.15) is 26.3 Å². The standard InChI is InChI=1S/C23H17F6N3O2/c1-13(33)15-4-2-5-17(12-15)31-21(34)32-19(14-7-9-16(10-8-14)22(24,25)26)20-18(23(27,28)29)6-3-11-30-20/h2-12,19H,1H3,(H2,31,32,34). The van der Waals surface area contributed by atoms with Gasteiger partial charge in [-0.3, -0.25) is 9.78 Å². The number of halogens is 6. The molecular weight excluding hydrogens is 464 g/mol. The molecule has 178 valence electrons. The molecular formula is C23H17F6N3O2. The van der Waals surface area contributed by atoms with Gasteiger partial charge in [-0.15, -0.1) is 0 Å². The molecule has 34 heavy (non-hydrogen) atoms. The highest BCUT2D eigenvalue weighted by Crippen LogP contribution is 2.36. The molecule has 0 bridgehead atoms. The van der Waals surface area contributed by atoms with Gasteiger partial charge in [0.05, 0.1) is 22.9 Å². The Morgan fingerprint density at radius 2 is 1.56 bits per heavy atom. The van der Waals surface area contributed by atoms with Gasteiger partial charge in [0, 0.05) is 17.4 Å². The predicted octanol–water partition coefficient (Wildman–Crippen LogP) is 6.23. The first-order valence-corrected chi connectivity index (χ1v) is 9.74. The van der Waals surface area contributed by atoms with E-state index in [-0.39, 0.29) is 17.0 Å². The van der Waals surface area contributed by atoms with Crippen LogP contribution in [0.15, 0.2) is 66.9 Å². The van der Waals surface area contributed by atoms with Crippen molar-refractivity contribution in [1.82, 2.24) is 10.3 Å². The van der Waals surface area contributed by atoms with Crippen LogP contribution >= 0.6 is 0 Å². The van der Waals surface area contributed by atoms with Gasteiger partial charge in [-0.05, 0) is 48.9 Å². The van der Waals surface area contributed by atoms with Crippen molar-refractivity contribution in [2.24, 2.45) is 0 Å². The molecule has 2 aromatic carbocycles. The van der Waals surface area contributed by atoms with Gasteiger partial charge in [-0.1, -0.05) is 24.3 Å². The molecule has 3 rings (SSSR count). The van der Waals surface area contributed by atoms with Crippen LogP contribution in [0.3, 0.4) is 0 Å². The summed E-state index contributed by atoms with van der Waals surface area (Å²) < 4.78 is 79.6. The molecule has 2 N–H and O–H groups in total. The summed E-state index contributed by atoms with van der Waals surface area (Å²) in [4.78, 5) is 27.9. The molecule has 5 nitrogen and oxygen atoms in total. The summed E-state index contributed by atoms with van der Waals surface area (Å²) in [7, 11) is 0. The smallest absolute Gasteiger partial charge is 0.325 e. The molecule has 0 fully saturated rings. The third-order valence-electron chi connectivity index (χ3n) is 4.79. The fourth-order valence-electron chi connectivity index (χ4n) is 3.18. The molecule has 0 aliphatic heterocycles. The monoisotopic (exact) mass is 481 g/mol. The average molecular weight is 481 g/mol. The lowest BCUT2D eigenvalue weighted by molar-refractivity contribution is -0.139. The minimum absolute atomic E-state index is 0.0511. The van der Waals surface area contributed by atoms with Gasteiger partial charge in [0.1, 0.15) is 0 Å². The molecule has 1 aromatic heterocycles. The van der Waals surface area contributed by atoms with Gasteiger partial charge in [0.15, 0.2) is 5.78 Å². The number of hydrogen-bond acceptors (Lipinski definition) is 3. The maximum atomic E-state index is 13.6. The Morgan fingerprint density at radius 1 is 0.882 bits per heavy atom. The zero-order chi connectivity index (χ0) is 25.1. The molecule has 2 amide bonds. The molecule has 1 unspecified atom stereocenters. The van der Waals surface area contributed by atoms with E-state index in [4.69, 9.17) is 0 Å². The molecule has 0 spiro atoms. The number of carbonyl (C=O) groups is 2. The second kappa shape index (κ2) is 9.54. The molecule has 0 aliphatic rings. The highest BCUT2D eigenvalue weighted by atomic mass is 19.4. The fourth-order valence-corrected chi connectivity index (χ4v) is 3.18. The predicted molar refractivity (Wildman–Crippen MR) is 111 cm³/mol. The van der Waals surface area contributed by atoms with Crippen LogP contribution in [0.4, 0.5) is 36.8 Å². The normalized spacial score (nSPS) is 12.7. The average Bonchev–Trinajstić information content (AvgIpc) is 2.76. The quantitative estimate of drug-likeness (QED) is 0.335. The van der Waals surface area contributed by atoms with E-state index in [2.05, 4.69) is 15.6 Å². The molecule has 11 heteroatoms. The Balaban J connectivity index is 1.98. The number of Topliss-reactive ketones (excluding diaryl/α,β-unsaturated/α-hetero) is 1. The van der Waals surface area contributed by atoms with Crippen LogP contribution in [-0.2, 0) is 12.4 Å². The van der Waals surface area contributed by atoms with E-state index in [0.717, 1.165) is 30.5 Å². The van der Waals surface area contributed by atoms with E-state index < -0.39 is 41.2 Å². The number of pyridine rings is 1. The van der Waals surface area contributed by atoms with Crippen molar-refractivity contribution in [2.75, 3.05) is 5.32 Å². The summed E-state index contributed by atoms with van der Waals surface area (Å²) >= 11 is 0. The number of urea groups is 1. The number of hydrogen-bond donors (Lipinski definition) is 2. The number of benzene rings is 2. The van der Waals surface area contributed by atoms with Crippen molar-refractivity contribution in [2.45, 2.75) is 25.3 Å². The Morgan fingerprint density at radius 3 is 2.15 bits per heavy atom. The minimum Gasteiger partial charge on any atom is -0.325 e. The van der Waals surface area contributed by atoms with E-state index in [9.17, 15) is 35.9 Å². The maximum Gasteiger partial charge on any atom is 0.418 e. The number of ketones is 1. The molecule has 0 saturated heterocycles. The van der Waals surface area contributed by atoms with Crippen molar-refractivity contribution in [3.05, 3.63) is 94.8 Å². The Kier molecular flexibility index (Phi) is 6.94. The van der Waals surface area contributed by atoms with Crippen LogP contribution in [0.2, 0.25) is 0 Å². The number of aromatic nitrogens is 1. The zero-order valence-electron chi connectivity index (χ0n) is 17.5. The molecule has 0 saturated carbocycles. The van der Waals surface area contributed by atoms with Crippen LogP contribution in [-0.4, -0.2) is 16.8 Å². The van der Waals surface area contributed by atoms with Crippen LogP contribution in [0.5, 0.6) is 0 Å². The third kappa shape index (κ3) is 5.91. The summed E-state index contributed by atoms with van der Waals surface area (Å²) in [6.45, 7) is 1.32. The molecule has 0 radical (unpaired) electrons. The minimum atomic E-state index is -4.83. The number of carbonyl (C=O) groups excluding carboxylic acids is 2. The summed E-state index contributed by atoms with van der Waals surface area (Å²) in [6.07, 6.45) is -8.40. The lowest BCUT2D eigenvalue weighted by Crippen LogP contribution is -2.35. The second-order valence-corrected chi connectivity index (χ2v) is 7.22. The summed E-state index contributed by atoms with van der Waals surface area (Å²) in [5.41, 5.74) is -2.32. The summed E-state index contributed by atoms with van der Waals surface area (Å²) in [5, 5.41) is 4.75. The molecule has 1 atom stereocenters. The number of nitrogens with one attached hydrogen (secondary N) is 2. The number of alkyl halides is 6. The SMILES string of the molecule is CC(=O)c1cccc(NC(=O)NC(c2ccc(C(F)(F)F)cc2)c2ncccc2C(F)(F)F)c1. The molecule has 1 heterocycles. The van der Waals surface area contributed by atoms with Crippen LogP contribution in [0, 0.1) is 0 Å². The van der Waals surface area contributed by atoms with Gasteiger partial charge in [-0.25, -0.2) is 4.79 Å². The van der Waals surface area contributed by atoms with E-state index in [1.807, 2.05) is 0 Å². The van der Waals surface area contributed by atoms with Crippen molar-refractivity contribution in [3.63, 3.8) is 0 Å².